The highest BCUT2D eigenvalue weighted by Gasteiger charge is 2.14. The number of halogens is 1. The molecule has 0 radical (unpaired) electrons. The minimum atomic E-state index is 0.634. The fraction of sp³-hybridized carbons (Fsp3) is 0.455. The Morgan fingerprint density at radius 3 is 2.50 bits per heavy atom. The van der Waals surface area contributed by atoms with Crippen LogP contribution in [0.5, 0.6) is 11.5 Å². The van der Waals surface area contributed by atoms with Crippen LogP contribution in [-0.4, -0.2) is 13.2 Å². The molecule has 1 aliphatic heterocycles. The maximum atomic E-state index is 5.44. The van der Waals surface area contributed by atoms with E-state index in [0.29, 0.717) is 13.2 Å². The van der Waals surface area contributed by atoms with E-state index in [1.807, 2.05) is 32.9 Å². The van der Waals surface area contributed by atoms with E-state index >= 15 is 0 Å². The number of hydrogen-bond donors (Lipinski definition) is 0. The van der Waals surface area contributed by atoms with Gasteiger partial charge in [-0.15, -0.1) is 0 Å². The van der Waals surface area contributed by atoms with Gasteiger partial charge in [-0.1, -0.05) is 13.8 Å². The highest BCUT2D eigenvalue weighted by Crippen LogP contribution is 2.38. The van der Waals surface area contributed by atoms with Crippen molar-refractivity contribution >= 4 is 15.9 Å². The Bertz CT molecular complexity index is 310. The Hall–Kier alpha value is -0.700. The molecule has 0 atom stereocenters. The van der Waals surface area contributed by atoms with Crippen molar-refractivity contribution in [2.45, 2.75) is 20.8 Å². The highest BCUT2D eigenvalue weighted by molar-refractivity contribution is 9.10. The van der Waals surface area contributed by atoms with Gasteiger partial charge in [0, 0.05) is 0 Å². The minimum absolute atomic E-state index is 0.634. The molecule has 0 amide bonds. The molecule has 1 heterocycles. The average molecular weight is 259 g/mol. The van der Waals surface area contributed by atoms with Crippen molar-refractivity contribution in [2.24, 2.45) is 0 Å². The van der Waals surface area contributed by atoms with Crippen molar-refractivity contribution in [3.8, 4) is 11.5 Å². The second kappa shape index (κ2) is 5.25. The zero-order chi connectivity index (χ0) is 10.6. The Labute approximate surface area is 93.4 Å². The van der Waals surface area contributed by atoms with Crippen molar-refractivity contribution in [2.75, 3.05) is 13.2 Å². The van der Waals surface area contributed by atoms with Crippen molar-refractivity contribution in [1.82, 2.24) is 0 Å². The SMILES string of the molecule is CC.Cc1cc(Br)c2c(c1)OCCO2. The van der Waals surface area contributed by atoms with Gasteiger partial charge in [-0.25, -0.2) is 0 Å². The lowest BCUT2D eigenvalue weighted by atomic mass is 10.2. The molecule has 1 aromatic rings. The third-order valence-electron chi connectivity index (χ3n) is 1.74. The van der Waals surface area contributed by atoms with E-state index in [9.17, 15) is 0 Å². The van der Waals surface area contributed by atoms with Crippen LogP contribution < -0.4 is 9.47 Å². The second-order valence-corrected chi connectivity index (χ2v) is 3.63. The Morgan fingerprint density at radius 2 is 1.79 bits per heavy atom. The first-order chi connectivity index (χ1) is 6.77. The number of rotatable bonds is 0. The standard InChI is InChI=1S/C9H9BrO2.C2H6/c1-6-4-7(10)9-8(5-6)11-2-3-12-9;1-2/h4-5H,2-3H2,1H3;1-2H3. The lowest BCUT2D eigenvalue weighted by Gasteiger charge is -2.19. The van der Waals surface area contributed by atoms with Crippen molar-refractivity contribution in [3.63, 3.8) is 0 Å². The molecule has 0 aromatic heterocycles. The molecule has 0 fully saturated rings. The van der Waals surface area contributed by atoms with E-state index in [4.69, 9.17) is 9.47 Å². The third kappa shape index (κ3) is 2.41. The van der Waals surface area contributed by atoms with Crippen LogP contribution in [0.1, 0.15) is 19.4 Å². The minimum Gasteiger partial charge on any atom is -0.486 e. The van der Waals surface area contributed by atoms with Crippen molar-refractivity contribution in [3.05, 3.63) is 22.2 Å². The summed E-state index contributed by atoms with van der Waals surface area (Å²) in [5, 5.41) is 0. The molecule has 2 rings (SSSR count). The Kier molecular flexibility index (Phi) is 4.26. The summed E-state index contributed by atoms with van der Waals surface area (Å²) in [5.74, 6) is 1.67. The highest BCUT2D eigenvalue weighted by atomic mass is 79.9. The van der Waals surface area contributed by atoms with Gasteiger partial charge in [0.2, 0.25) is 0 Å². The summed E-state index contributed by atoms with van der Waals surface area (Å²) in [7, 11) is 0. The lowest BCUT2D eigenvalue weighted by molar-refractivity contribution is 0.170. The summed E-state index contributed by atoms with van der Waals surface area (Å²) < 4.78 is 11.8. The smallest absolute Gasteiger partial charge is 0.175 e. The van der Waals surface area contributed by atoms with Crippen LogP contribution in [-0.2, 0) is 0 Å². The Morgan fingerprint density at radius 1 is 1.14 bits per heavy atom. The lowest BCUT2D eigenvalue weighted by Crippen LogP contribution is -2.15. The second-order valence-electron chi connectivity index (χ2n) is 2.77. The number of fused-ring (bicyclic) bond motifs is 1. The van der Waals surface area contributed by atoms with Gasteiger partial charge < -0.3 is 9.47 Å². The van der Waals surface area contributed by atoms with E-state index in [2.05, 4.69) is 15.9 Å². The fourth-order valence-corrected chi connectivity index (χ4v) is 1.91. The van der Waals surface area contributed by atoms with Crippen LogP contribution in [0.15, 0.2) is 16.6 Å². The summed E-state index contributed by atoms with van der Waals surface area (Å²) >= 11 is 3.43. The Balaban J connectivity index is 0.000000461. The van der Waals surface area contributed by atoms with Crippen LogP contribution >= 0.6 is 15.9 Å². The summed E-state index contributed by atoms with van der Waals surface area (Å²) in [5.41, 5.74) is 1.17. The van der Waals surface area contributed by atoms with Crippen LogP contribution in [0.3, 0.4) is 0 Å². The molecular weight excluding hydrogens is 244 g/mol. The molecule has 0 saturated heterocycles. The quantitative estimate of drug-likeness (QED) is 0.709. The summed E-state index contributed by atoms with van der Waals surface area (Å²) in [4.78, 5) is 0. The van der Waals surface area contributed by atoms with Gasteiger partial charge >= 0.3 is 0 Å². The maximum Gasteiger partial charge on any atom is 0.175 e. The molecule has 1 aliphatic rings. The van der Waals surface area contributed by atoms with Gasteiger partial charge in [0.05, 0.1) is 4.47 Å². The number of ether oxygens (including phenoxy) is 2. The van der Waals surface area contributed by atoms with E-state index < -0.39 is 0 Å². The largest absolute Gasteiger partial charge is 0.486 e. The first-order valence-electron chi connectivity index (χ1n) is 4.83. The van der Waals surface area contributed by atoms with E-state index in [1.165, 1.54) is 5.56 Å². The van der Waals surface area contributed by atoms with E-state index in [-0.39, 0.29) is 0 Å². The molecule has 0 bridgehead atoms. The zero-order valence-corrected chi connectivity index (χ0v) is 10.3. The first-order valence-corrected chi connectivity index (χ1v) is 5.62. The number of benzene rings is 1. The van der Waals surface area contributed by atoms with Crippen LogP contribution in [0, 0.1) is 6.92 Å². The molecule has 0 saturated carbocycles. The summed E-state index contributed by atoms with van der Waals surface area (Å²) in [6.07, 6.45) is 0. The first kappa shape index (κ1) is 11.4. The molecular formula is C11H15BrO2. The fourth-order valence-electron chi connectivity index (χ4n) is 1.24. The molecule has 0 aliphatic carbocycles. The van der Waals surface area contributed by atoms with Crippen molar-refractivity contribution < 1.29 is 9.47 Å². The molecule has 14 heavy (non-hydrogen) atoms. The maximum absolute atomic E-state index is 5.44. The number of hydrogen-bond acceptors (Lipinski definition) is 2. The molecule has 0 spiro atoms. The molecule has 1 aromatic carbocycles. The average Bonchev–Trinajstić information content (AvgIpc) is 2.20. The van der Waals surface area contributed by atoms with Crippen LogP contribution in [0.25, 0.3) is 0 Å². The normalized spacial score (nSPS) is 12.9. The predicted octanol–water partition coefficient (Wildman–Crippen LogP) is 3.55. The molecule has 2 nitrogen and oxygen atoms in total. The van der Waals surface area contributed by atoms with E-state index in [0.717, 1.165) is 16.0 Å². The van der Waals surface area contributed by atoms with Crippen molar-refractivity contribution in [1.29, 1.82) is 0 Å². The van der Waals surface area contributed by atoms with Gasteiger partial charge in [0.25, 0.3) is 0 Å². The van der Waals surface area contributed by atoms with Gasteiger partial charge in [0.1, 0.15) is 13.2 Å². The molecule has 0 unspecified atom stereocenters. The van der Waals surface area contributed by atoms with Gasteiger partial charge in [-0.2, -0.15) is 0 Å². The van der Waals surface area contributed by atoms with Crippen LogP contribution in [0.4, 0.5) is 0 Å². The monoisotopic (exact) mass is 258 g/mol. The summed E-state index contributed by atoms with van der Waals surface area (Å²) in [6, 6.07) is 4.01. The summed E-state index contributed by atoms with van der Waals surface area (Å²) in [6.45, 7) is 7.31. The van der Waals surface area contributed by atoms with E-state index in [1.54, 1.807) is 0 Å². The molecule has 78 valence electrons. The van der Waals surface area contributed by atoms with Gasteiger partial charge in [-0.3, -0.25) is 0 Å². The number of aryl methyl sites for hydroxylation is 1. The predicted molar refractivity (Wildman–Crippen MR) is 61.2 cm³/mol. The zero-order valence-electron chi connectivity index (χ0n) is 8.76. The van der Waals surface area contributed by atoms with Crippen LogP contribution in [0.2, 0.25) is 0 Å². The molecule has 3 heteroatoms. The third-order valence-corrected chi connectivity index (χ3v) is 2.33. The topological polar surface area (TPSA) is 18.5 Å². The van der Waals surface area contributed by atoms with Gasteiger partial charge in [-0.05, 0) is 40.5 Å². The van der Waals surface area contributed by atoms with Gasteiger partial charge in [0.15, 0.2) is 11.5 Å². The molecule has 0 N–H and O–H groups in total.